The first kappa shape index (κ1) is 12.5. The molecule has 0 N–H and O–H groups in total. The van der Waals surface area contributed by atoms with Crippen molar-refractivity contribution in [1.82, 2.24) is 0 Å². The van der Waals surface area contributed by atoms with Gasteiger partial charge in [0.1, 0.15) is 6.61 Å². The van der Waals surface area contributed by atoms with E-state index in [4.69, 9.17) is 11.8 Å². The third-order valence-electron chi connectivity index (χ3n) is 1.27. The molecule has 0 atom stereocenters. The third kappa shape index (κ3) is 4.95. The van der Waals surface area contributed by atoms with Crippen molar-refractivity contribution in [3.05, 3.63) is 40.7 Å². The van der Waals surface area contributed by atoms with Gasteiger partial charge < -0.3 is 9.57 Å². The summed E-state index contributed by atoms with van der Waals surface area (Å²) in [5.74, 6) is 0. The van der Waals surface area contributed by atoms with Gasteiger partial charge in [0.25, 0.3) is 0 Å². The summed E-state index contributed by atoms with van der Waals surface area (Å²) in [6.45, 7) is 0.204. The molecular weight excluding hydrogens is 285 g/mol. The minimum Gasteiger partial charge on any atom is -0.534 e. The molecule has 0 aliphatic carbocycles. The average Bonchev–Trinajstić information content (AvgIpc) is 2.16. The third-order valence-corrected chi connectivity index (χ3v) is 1.41. The van der Waals surface area contributed by atoms with Gasteiger partial charge in [-0.1, -0.05) is 30.3 Å². The molecule has 0 fully saturated rings. The molecule has 1 amide bonds. The van der Waals surface area contributed by atoms with Crippen LogP contribution in [0.4, 0.5) is 4.79 Å². The second kappa shape index (κ2) is 6.98. The molecule has 0 saturated carbocycles. The van der Waals surface area contributed by atoms with Crippen LogP contribution in [0, 0.1) is 0 Å². The minimum atomic E-state index is -0.763. The normalized spacial score (nSPS) is 8.38. The van der Waals surface area contributed by atoms with Gasteiger partial charge in [0.15, 0.2) is 0 Å². The van der Waals surface area contributed by atoms with Crippen molar-refractivity contribution in [3.8, 4) is 0 Å². The van der Waals surface area contributed by atoms with Crippen LogP contribution in [0.15, 0.2) is 30.3 Å². The van der Waals surface area contributed by atoms with Gasteiger partial charge in [0.05, 0.1) is 0 Å². The maximum atomic E-state index is 10.5. The van der Waals surface area contributed by atoms with Crippen molar-refractivity contribution < 1.29 is 31.9 Å². The summed E-state index contributed by atoms with van der Waals surface area (Å²) in [4.78, 5) is 13.3. The Morgan fingerprint density at radius 3 is 2.54 bits per heavy atom. The van der Waals surface area contributed by atoms with Crippen LogP contribution in [0.5, 0.6) is 0 Å². The minimum absolute atomic E-state index is 0. The first-order chi connectivity index (χ1) is 5.83. The zero-order valence-electron chi connectivity index (χ0n) is 6.54. The summed E-state index contributed by atoms with van der Waals surface area (Å²) in [6.07, 6.45) is -0.763. The number of hydrogen-bond acceptors (Lipinski definition) is 2. The molecule has 0 bridgehead atoms. The summed E-state index contributed by atoms with van der Waals surface area (Å²) < 4.78 is 4.64. The molecule has 0 aliphatic heterocycles. The predicted molar refractivity (Wildman–Crippen MR) is 45.8 cm³/mol. The van der Waals surface area contributed by atoms with Crippen molar-refractivity contribution >= 4 is 17.9 Å². The van der Waals surface area contributed by atoms with Gasteiger partial charge in [-0.2, -0.15) is 0 Å². The fraction of sp³-hybridized carbons (Fsp3) is 0.125. The topological polar surface area (TPSA) is 40.4 Å². The van der Waals surface area contributed by atoms with E-state index in [1.54, 1.807) is 0 Å². The Hall–Kier alpha value is -0.480. The summed E-state index contributed by atoms with van der Waals surface area (Å²) in [5, 5.41) is 0. The molecule has 0 saturated heterocycles. The van der Waals surface area contributed by atoms with Crippen molar-refractivity contribution in [2.45, 2.75) is 6.61 Å². The molecule has 1 aromatic rings. The smallest absolute Gasteiger partial charge is 0.534 e. The van der Waals surface area contributed by atoms with Gasteiger partial charge in [0.2, 0.25) is 6.09 Å². The molecule has 74 valence electrons. The average molecular weight is 292 g/mol. The fourth-order valence-electron chi connectivity index (χ4n) is 0.744. The largest absolute Gasteiger partial charge is 1.00 e. The summed E-state index contributed by atoms with van der Waals surface area (Å²) in [5.41, 5.74) is 0.908. The van der Waals surface area contributed by atoms with E-state index in [0.29, 0.717) is 0 Å². The number of carbonyl (C=O) groups excluding carboxylic acids is 1. The van der Waals surface area contributed by atoms with E-state index in [9.17, 15) is 4.79 Å². The van der Waals surface area contributed by atoms with Crippen molar-refractivity contribution in [3.63, 3.8) is 0 Å². The van der Waals surface area contributed by atoms with E-state index in [1.807, 2.05) is 30.3 Å². The zero-order chi connectivity index (χ0) is 8.81. The molecular formula is C8H7AgClNO2. The van der Waals surface area contributed by atoms with Crippen LogP contribution >= 0.6 is 11.8 Å². The number of ether oxygens (including phenoxy) is 1. The van der Waals surface area contributed by atoms with Crippen LogP contribution in [0.25, 0.3) is 4.84 Å². The maximum Gasteiger partial charge on any atom is 1.00 e. The van der Waals surface area contributed by atoms with E-state index in [0.717, 1.165) is 5.56 Å². The quantitative estimate of drug-likeness (QED) is 0.786. The standard InChI is InChI=1S/C8H8ClNO2.Ag/c9-10-8(11)12-6-7-4-2-1-3-5-7;/h1-5H,6H2,(H,10,11);/q;+1/p-1. The zero-order valence-corrected chi connectivity index (χ0v) is 8.78. The number of halogens is 1. The molecule has 5 heteroatoms. The van der Waals surface area contributed by atoms with Crippen LogP contribution < -0.4 is 0 Å². The number of hydrogen-bond donors (Lipinski definition) is 0. The van der Waals surface area contributed by atoms with Crippen molar-refractivity contribution in [2.75, 3.05) is 0 Å². The Morgan fingerprint density at radius 1 is 1.38 bits per heavy atom. The van der Waals surface area contributed by atoms with Crippen LogP contribution in [0.3, 0.4) is 0 Å². The summed E-state index contributed by atoms with van der Waals surface area (Å²) in [7, 11) is 0. The number of amides is 1. The number of rotatable bonds is 2. The van der Waals surface area contributed by atoms with Gasteiger partial charge >= 0.3 is 22.4 Å². The molecule has 0 aliphatic rings. The Labute approximate surface area is 97.0 Å². The monoisotopic (exact) mass is 291 g/mol. The molecule has 1 rings (SSSR count). The Morgan fingerprint density at radius 2 is 2.00 bits per heavy atom. The predicted octanol–water partition coefficient (Wildman–Crippen LogP) is 2.85. The van der Waals surface area contributed by atoms with Gasteiger partial charge in [-0.15, -0.1) is 0 Å². The van der Waals surface area contributed by atoms with Crippen molar-refractivity contribution in [2.24, 2.45) is 0 Å². The number of benzene rings is 1. The van der Waals surface area contributed by atoms with Crippen LogP contribution in [0.1, 0.15) is 5.56 Å². The molecule has 0 unspecified atom stereocenters. The summed E-state index contributed by atoms with van der Waals surface area (Å²) in [6, 6.07) is 9.31. The van der Waals surface area contributed by atoms with Gasteiger partial charge in [-0.3, -0.25) is 4.79 Å². The maximum absolute atomic E-state index is 10.5. The Balaban J connectivity index is 0.00000144. The fourth-order valence-corrected chi connectivity index (χ4v) is 0.792. The van der Waals surface area contributed by atoms with Gasteiger partial charge in [-0.05, 0) is 5.56 Å². The van der Waals surface area contributed by atoms with E-state index < -0.39 is 6.09 Å². The first-order valence-corrected chi connectivity index (χ1v) is 3.69. The second-order valence-electron chi connectivity index (χ2n) is 2.12. The van der Waals surface area contributed by atoms with Crippen LogP contribution in [-0.4, -0.2) is 6.09 Å². The number of carbonyl (C=O) groups is 1. The molecule has 13 heavy (non-hydrogen) atoms. The first-order valence-electron chi connectivity index (χ1n) is 3.35. The van der Waals surface area contributed by atoms with E-state index in [1.165, 1.54) is 0 Å². The van der Waals surface area contributed by atoms with E-state index in [2.05, 4.69) is 9.57 Å². The summed E-state index contributed by atoms with van der Waals surface area (Å²) >= 11 is 4.87. The number of nitrogens with zero attached hydrogens (tertiary/aromatic N) is 1. The van der Waals surface area contributed by atoms with Crippen LogP contribution in [-0.2, 0) is 33.7 Å². The Bertz CT molecular complexity index is 256. The second-order valence-corrected chi connectivity index (χ2v) is 2.29. The van der Waals surface area contributed by atoms with Crippen LogP contribution in [0.2, 0.25) is 0 Å². The molecule has 3 nitrogen and oxygen atoms in total. The SMILES string of the molecule is O=C([N-]Cl)OCc1ccccc1.[Ag+]. The van der Waals surface area contributed by atoms with E-state index >= 15 is 0 Å². The molecule has 0 aromatic heterocycles. The van der Waals surface area contributed by atoms with Gasteiger partial charge in [-0.25, -0.2) is 11.8 Å². The molecule has 0 heterocycles. The molecule has 0 spiro atoms. The van der Waals surface area contributed by atoms with E-state index in [-0.39, 0.29) is 29.0 Å². The Kier molecular flexibility index (Phi) is 6.72. The van der Waals surface area contributed by atoms with Gasteiger partial charge in [0, 0.05) is 0 Å². The van der Waals surface area contributed by atoms with Crippen molar-refractivity contribution in [1.29, 1.82) is 0 Å². The molecule has 0 radical (unpaired) electrons. The molecule has 1 aromatic carbocycles.